The number of fused-ring (bicyclic) bond motifs is 2. The van der Waals surface area contributed by atoms with Gasteiger partial charge in [-0.05, 0) is 37.1 Å². The highest BCUT2D eigenvalue weighted by Gasteiger charge is 2.29. The van der Waals surface area contributed by atoms with Gasteiger partial charge in [-0.1, -0.05) is 0 Å². The topological polar surface area (TPSA) is 106 Å². The molecular weight excluding hydrogens is 310 g/mol. The van der Waals surface area contributed by atoms with Crippen molar-refractivity contribution in [3.8, 4) is 11.6 Å². The van der Waals surface area contributed by atoms with Crippen molar-refractivity contribution in [2.45, 2.75) is 19.4 Å². The van der Waals surface area contributed by atoms with E-state index in [9.17, 15) is 10.0 Å². The van der Waals surface area contributed by atoms with Crippen molar-refractivity contribution in [1.82, 2.24) is 14.6 Å². The molecule has 0 fully saturated rings. The molecule has 4 rings (SSSR count). The standard InChI is InChI=1S/C16H15N5O3/c1-9-6-14-18-15(4-5-20(14)19-9)24-11-2-3-13-10(7-11)8-12(17)16(22)21(13)23/h2-7,12,23H,8,17H2,1H3. The number of carbonyl (C=O) groups excluding carboxylic acids is 1. The van der Waals surface area contributed by atoms with Gasteiger partial charge in [0.05, 0.1) is 17.4 Å². The maximum Gasteiger partial charge on any atom is 0.267 e. The second-order valence-corrected chi connectivity index (χ2v) is 5.71. The van der Waals surface area contributed by atoms with E-state index in [1.807, 2.05) is 13.0 Å². The van der Waals surface area contributed by atoms with E-state index in [1.54, 1.807) is 35.0 Å². The molecule has 8 nitrogen and oxygen atoms in total. The summed E-state index contributed by atoms with van der Waals surface area (Å²) in [6.07, 6.45) is 2.11. The minimum atomic E-state index is -0.762. The molecule has 3 heterocycles. The first-order valence-corrected chi connectivity index (χ1v) is 7.43. The molecule has 1 unspecified atom stereocenters. The molecule has 0 saturated heterocycles. The number of rotatable bonds is 2. The van der Waals surface area contributed by atoms with Crippen molar-refractivity contribution >= 4 is 17.2 Å². The third-order valence-corrected chi connectivity index (χ3v) is 3.89. The summed E-state index contributed by atoms with van der Waals surface area (Å²) in [4.78, 5) is 16.1. The second kappa shape index (κ2) is 5.29. The predicted octanol–water partition coefficient (Wildman–Crippen LogP) is 1.44. The summed E-state index contributed by atoms with van der Waals surface area (Å²) >= 11 is 0. The number of benzene rings is 1. The molecule has 1 aliphatic heterocycles. The van der Waals surface area contributed by atoms with Crippen LogP contribution in [0.5, 0.6) is 11.6 Å². The van der Waals surface area contributed by atoms with Gasteiger partial charge in [0.15, 0.2) is 5.65 Å². The van der Waals surface area contributed by atoms with Crippen LogP contribution < -0.4 is 15.5 Å². The largest absolute Gasteiger partial charge is 0.439 e. The zero-order valence-corrected chi connectivity index (χ0v) is 12.9. The summed E-state index contributed by atoms with van der Waals surface area (Å²) in [7, 11) is 0. The van der Waals surface area contributed by atoms with Gasteiger partial charge in [0.1, 0.15) is 5.75 Å². The first-order chi connectivity index (χ1) is 11.5. The highest BCUT2D eigenvalue weighted by molar-refractivity contribution is 5.98. The number of amides is 1. The molecule has 3 N–H and O–H groups in total. The number of aromatic nitrogens is 3. The Balaban J connectivity index is 1.65. The number of aryl methyl sites for hydroxylation is 1. The summed E-state index contributed by atoms with van der Waals surface area (Å²) in [5.74, 6) is 0.468. The molecule has 2 aromatic heterocycles. The summed E-state index contributed by atoms with van der Waals surface area (Å²) in [5, 5.41) is 14.7. The molecule has 0 radical (unpaired) electrons. The summed E-state index contributed by atoms with van der Waals surface area (Å²) in [6.45, 7) is 1.89. The molecule has 8 heteroatoms. The highest BCUT2D eigenvalue weighted by Crippen LogP contribution is 2.31. The van der Waals surface area contributed by atoms with Crippen LogP contribution in [0.4, 0.5) is 5.69 Å². The van der Waals surface area contributed by atoms with Gasteiger partial charge in [0, 0.05) is 18.3 Å². The SMILES string of the molecule is Cc1cc2nc(Oc3ccc4c(c3)CC(N)C(=O)N4O)ccn2n1. The molecule has 24 heavy (non-hydrogen) atoms. The summed E-state index contributed by atoms with van der Waals surface area (Å²) in [5.41, 5.74) is 8.46. The van der Waals surface area contributed by atoms with Crippen molar-refractivity contribution in [3.05, 3.63) is 47.8 Å². The van der Waals surface area contributed by atoms with Crippen LogP contribution in [-0.2, 0) is 11.2 Å². The van der Waals surface area contributed by atoms with Gasteiger partial charge in [-0.25, -0.2) is 4.52 Å². The van der Waals surface area contributed by atoms with Crippen LogP contribution in [0, 0.1) is 6.92 Å². The minimum Gasteiger partial charge on any atom is -0.439 e. The molecule has 1 amide bonds. The quantitative estimate of drug-likeness (QED) is 0.691. The number of hydroxylamine groups is 1. The molecule has 0 spiro atoms. The van der Waals surface area contributed by atoms with Gasteiger partial charge in [-0.15, -0.1) is 0 Å². The smallest absolute Gasteiger partial charge is 0.267 e. The number of hydrogen-bond acceptors (Lipinski definition) is 6. The monoisotopic (exact) mass is 325 g/mol. The lowest BCUT2D eigenvalue weighted by atomic mass is 9.99. The number of carbonyl (C=O) groups is 1. The molecular formula is C16H15N5O3. The van der Waals surface area contributed by atoms with E-state index in [0.717, 1.165) is 11.3 Å². The lowest BCUT2D eigenvalue weighted by molar-refractivity contribution is -0.125. The third-order valence-electron chi connectivity index (χ3n) is 3.89. The fourth-order valence-corrected chi connectivity index (χ4v) is 2.75. The molecule has 3 aromatic rings. The van der Waals surface area contributed by atoms with Crippen molar-refractivity contribution in [2.24, 2.45) is 5.73 Å². The normalized spacial score (nSPS) is 17.2. The maximum absolute atomic E-state index is 11.7. The van der Waals surface area contributed by atoms with Gasteiger partial charge >= 0.3 is 0 Å². The Labute approximate surface area is 137 Å². The predicted molar refractivity (Wildman–Crippen MR) is 85.2 cm³/mol. The third kappa shape index (κ3) is 2.38. The molecule has 0 bridgehead atoms. The Bertz CT molecular complexity index is 952. The number of nitrogens with two attached hydrogens (primary N) is 1. The van der Waals surface area contributed by atoms with Crippen LogP contribution in [0.2, 0.25) is 0 Å². The van der Waals surface area contributed by atoms with Gasteiger partial charge in [-0.3, -0.25) is 10.0 Å². The molecule has 122 valence electrons. The van der Waals surface area contributed by atoms with Gasteiger partial charge in [0.2, 0.25) is 5.88 Å². The first kappa shape index (κ1) is 14.6. The average Bonchev–Trinajstić information content (AvgIpc) is 2.92. The number of anilines is 1. The van der Waals surface area contributed by atoms with Crippen molar-refractivity contribution in [3.63, 3.8) is 0 Å². The van der Waals surface area contributed by atoms with Crippen LogP contribution >= 0.6 is 0 Å². The van der Waals surface area contributed by atoms with E-state index in [-0.39, 0.29) is 0 Å². The maximum atomic E-state index is 11.7. The molecule has 1 aliphatic rings. The van der Waals surface area contributed by atoms with Crippen molar-refractivity contribution in [2.75, 3.05) is 5.06 Å². The van der Waals surface area contributed by atoms with Crippen LogP contribution in [0.1, 0.15) is 11.3 Å². The number of hydrogen-bond donors (Lipinski definition) is 2. The van der Waals surface area contributed by atoms with Gasteiger partial charge < -0.3 is 10.5 Å². The van der Waals surface area contributed by atoms with Crippen LogP contribution in [-0.4, -0.2) is 31.8 Å². The summed E-state index contributed by atoms with van der Waals surface area (Å²) in [6, 6.07) is 7.84. The minimum absolute atomic E-state index is 0.344. The second-order valence-electron chi connectivity index (χ2n) is 5.71. The lowest BCUT2D eigenvalue weighted by Gasteiger charge is -2.27. The van der Waals surface area contributed by atoms with Gasteiger partial charge in [0.25, 0.3) is 5.91 Å². The van der Waals surface area contributed by atoms with E-state index in [4.69, 9.17) is 10.5 Å². The van der Waals surface area contributed by atoms with E-state index in [0.29, 0.717) is 34.4 Å². The molecule has 1 aromatic carbocycles. The van der Waals surface area contributed by atoms with E-state index < -0.39 is 11.9 Å². The van der Waals surface area contributed by atoms with Gasteiger partial charge in [-0.2, -0.15) is 15.1 Å². The Morgan fingerprint density at radius 1 is 1.33 bits per heavy atom. The molecule has 0 aliphatic carbocycles. The number of nitrogens with zero attached hydrogens (tertiary/aromatic N) is 4. The lowest BCUT2D eigenvalue weighted by Crippen LogP contribution is -2.47. The number of ether oxygens (including phenoxy) is 1. The zero-order valence-electron chi connectivity index (χ0n) is 12.9. The van der Waals surface area contributed by atoms with Crippen molar-refractivity contribution < 1.29 is 14.7 Å². The Kier molecular flexibility index (Phi) is 3.22. The molecule has 1 atom stereocenters. The van der Waals surface area contributed by atoms with Crippen molar-refractivity contribution in [1.29, 1.82) is 0 Å². The van der Waals surface area contributed by atoms with Crippen LogP contribution in [0.15, 0.2) is 36.5 Å². The Morgan fingerprint density at radius 2 is 2.17 bits per heavy atom. The first-order valence-electron chi connectivity index (χ1n) is 7.43. The summed E-state index contributed by atoms with van der Waals surface area (Å²) < 4.78 is 7.45. The van der Waals surface area contributed by atoms with E-state index >= 15 is 0 Å². The highest BCUT2D eigenvalue weighted by atomic mass is 16.5. The van der Waals surface area contributed by atoms with Crippen LogP contribution in [0.3, 0.4) is 0 Å². The van der Waals surface area contributed by atoms with Crippen LogP contribution in [0.25, 0.3) is 5.65 Å². The molecule has 0 saturated carbocycles. The van der Waals surface area contributed by atoms with E-state index in [1.165, 1.54) is 0 Å². The Morgan fingerprint density at radius 3 is 3.00 bits per heavy atom. The Hall–Kier alpha value is -2.97. The fourth-order valence-electron chi connectivity index (χ4n) is 2.75. The fraction of sp³-hybridized carbons (Fsp3) is 0.188. The van der Waals surface area contributed by atoms with E-state index in [2.05, 4.69) is 10.1 Å². The average molecular weight is 325 g/mol. The zero-order chi connectivity index (χ0) is 16.8.